The molecule has 0 radical (unpaired) electrons. The third-order valence-electron chi connectivity index (χ3n) is 3.62. The quantitative estimate of drug-likeness (QED) is 0.348. The minimum absolute atomic E-state index is 0.115. The van der Waals surface area contributed by atoms with Gasteiger partial charge in [0, 0.05) is 18.0 Å². The zero-order valence-electron chi connectivity index (χ0n) is 16.5. The van der Waals surface area contributed by atoms with Gasteiger partial charge in [0.2, 0.25) is 5.91 Å². The van der Waals surface area contributed by atoms with E-state index in [9.17, 15) is 14.4 Å². The summed E-state index contributed by atoms with van der Waals surface area (Å²) < 4.78 is 10.2. The van der Waals surface area contributed by atoms with Crippen LogP contribution in [0, 0.1) is 0 Å². The fourth-order valence-electron chi connectivity index (χ4n) is 2.20. The first-order valence-corrected chi connectivity index (χ1v) is 8.98. The van der Waals surface area contributed by atoms with E-state index in [0.717, 1.165) is 0 Å². The molecule has 0 aliphatic rings. The van der Waals surface area contributed by atoms with Crippen molar-refractivity contribution in [2.75, 3.05) is 24.9 Å². The molecule has 3 N–H and O–H groups in total. The Kier molecular flexibility index (Phi) is 8.12. The lowest BCUT2D eigenvalue weighted by Crippen LogP contribution is -2.33. The second-order valence-corrected chi connectivity index (χ2v) is 6.33. The fraction of sp³-hybridized carbons (Fsp3) is 0.211. The van der Waals surface area contributed by atoms with Gasteiger partial charge in [0.05, 0.1) is 31.4 Å². The van der Waals surface area contributed by atoms with Gasteiger partial charge >= 0.3 is 11.8 Å². The maximum Gasteiger partial charge on any atom is 0.329 e. The van der Waals surface area contributed by atoms with Gasteiger partial charge in [-0.15, -0.1) is 0 Å². The highest BCUT2D eigenvalue weighted by Crippen LogP contribution is 2.28. The standard InChI is InChI=1S/C19H20ClN5O5/c1-11(8-17(26)23-16-7-4-12(20)10-21-16)24-25-19(28)18(27)22-14-9-13(29-2)5-6-15(14)30-3/h4-7,9-10H,8H2,1-3H3,(H,22,27)(H,25,28)(H,21,23,26). The molecule has 158 valence electrons. The van der Waals surface area contributed by atoms with E-state index in [1.807, 2.05) is 0 Å². The molecule has 0 aliphatic carbocycles. The van der Waals surface area contributed by atoms with Gasteiger partial charge < -0.3 is 20.1 Å². The SMILES string of the molecule is COc1ccc(OC)c(NC(=O)C(=O)NN=C(C)CC(=O)Nc2ccc(Cl)cn2)c1. The average molecular weight is 434 g/mol. The van der Waals surface area contributed by atoms with Gasteiger partial charge in [-0.25, -0.2) is 10.4 Å². The number of hydrogen-bond donors (Lipinski definition) is 3. The normalized spacial score (nSPS) is 10.7. The third kappa shape index (κ3) is 6.74. The Labute approximate surface area is 177 Å². The molecule has 2 aromatic rings. The number of anilines is 2. The van der Waals surface area contributed by atoms with E-state index in [-0.39, 0.29) is 17.8 Å². The van der Waals surface area contributed by atoms with Gasteiger partial charge in [0.15, 0.2) is 0 Å². The number of halogens is 1. The number of carbonyl (C=O) groups excluding carboxylic acids is 3. The van der Waals surface area contributed by atoms with Crippen LogP contribution in [0.1, 0.15) is 13.3 Å². The van der Waals surface area contributed by atoms with Gasteiger partial charge in [-0.1, -0.05) is 11.6 Å². The lowest BCUT2D eigenvalue weighted by molar-refractivity contribution is -0.136. The second-order valence-electron chi connectivity index (χ2n) is 5.89. The van der Waals surface area contributed by atoms with Gasteiger partial charge in [-0.05, 0) is 31.2 Å². The molecule has 2 rings (SSSR count). The number of ether oxygens (including phenoxy) is 2. The van der Waals surface area contributed by atoms with Crippen LogP contribution in [-0.2, 0) is 14.4 Å². The van der Waals surface area contributed by atoms with Crippen molar-refractivity contribution in [3.63, 3.8) is 0 Å². The van der Waals surface area contributed by atoms with Crippen LogP contribution >= 0.6 is 11.6 Å². The molecule has 0 unspecified atom stereocenters. The molecule has 11 heteroatoms. The number of carbonyl (C=O) groups is 3. The van der Waals surface area contributed by atoms with Crippen molar-refractivity contribution in [1.29, 1.82) is 0 Å². The summed E-state index contributed by atoms with van der Waals surface area (Å²) in [5.41, 5.74) is 2.63. The van der Waals surface area contributed by atoms with Crippen molar-refractivity contribution in [1.82, 2.24) is 10.4 Å². The molecule has 1 heterocycles. The second kappa shape index (κ2) is 10.8. The predicted molar refractivity (Wildman–Crippen MR) is 112 cm³/mol. The number of rotatable bonds is 7. The molecule has 0 bridgehead atoms. The number of nitrogens with zero attached hydrogens (tertiary/aromatic N) is 2. The molecule has 10 nitrogen and oxygen atoms in total. The summed E-state index contributed by atoms with van der Waals surface area (Å²) in [4.78, 5) is 40.0. The van der Waals surface area contributed by atoms with Crippen LogP contribution in [-0.4, -0.2) is 42.6 Å². The number of hydrogen-bond acceptors (Lipinski definition) is 7. The molecule has 3 amide bonds. The monoisotopic (exact) mass is 433 g/mol. The highest BCUT2D eigenvalue weighted by molar-refractivity contribution is 6.39. The van der Waals surface area contributed by atoms with Crippen molar-refractivity contribution in [2.45, 2.75) is 13.3 Å². The van der Waals surface area contributed by atoms with Gasteiger partial charge in [0.25, 0.3) is 0 Å². The van der Waals surface area contributed by atoms with Crippen molar-refractivity contribution in [3.8, 4) is 11.5 Å². The first-order valence-electron chi connectivity index (χ1n) is 8.60. The number of nitrogens with one attached hydrogen (secondary N) is 3. The van der Waals surface area contributed by atoms with Crippen molar-refractivity contribution in [2.24, 2.45) is 5.10 Å². The van der Waals surface area contributed by atoms with Crippen molar-refractivity contribution >= 4 is 46.5 Å². The molecule has 30 heavy (non-hydrogen) atoms. The van der Waals surface area contributed by atoms with Crippen molar-refractivity contribution in [3.05, 3.63) is 41.6 Å². The van der Waals surface area contributed by atoms with Crippen LogP contribution in [0.4, 0.5) is 11.5 Å². The molecular weight excluding hydrogens is 414 g/mol. The van der Waals surface area contributed by atoms with E-state index in [2.05, 4.69) is 26.1 Å². The van der Waals surface area contributed by atoms with E-state index in [1.165, 1.54) is 33.4 Å². The summed E-state index contributed by atoms with van der Waals surface area (Å²) in [7, 11) is 2.90. The van der Waals surface area contributed by atoms with Crippen LogP contribution in [0.15, 0.2) is 41.6 Å². The molecule has 0 saturated carbocycles. The van der Waals surface area contributed by atoms with Gasteiger partial charge in [0.1, 0.15) is 17.3 Å². The zero-order valence-corrected chi connectivity index (χ0v) is 17.2. The average Bonchev–Trinajstić information content (AvgIpc) is 2.73. The summed E-state index contributed by atoms with van der Waals surface area (Å²) >= 11 is 5.73. The van der Waals surface area contributed by atoms with Gasteiger partial charge in [-0.2, -0.15) is 5.10 Å². The Balaban J connectivity index is 1.90. The maximum absolute atomic E-state index is 12.1. The summed E-state index contributed by atoms with van der Waals surface area (Å²) in [6.07, 6.45) is 1.28. The largest absolute Gasteiger partial charge is 0.497 e. The van der Waals surface area contributed by atoms with Gasteiger partial charge in [-0.3, -0.25) is 14.4 Å². The summed E-state index contributed by atoms with van der Waals surface area (Å²) in [6, 6.07) is 7.87. The first kappa shape index (κ1) is 22.6. The minimum Gasteiger partial charge on any atom is -0.497 e. The predicted octanol–water partition coefficient (Wildman–Crippen LogP) is 2.21. The minimum atomic E-state index is -1.01. The maximum atomic E-state index is 12.1. The van der Waals surface area contributed by atoms with E-state index >= 15 is 0 Å². The van der Waals surface area contributed by atoms with Crippen LogP contribution in [0.25, 0.3) is 0 Å². The van der Waals surface area contributed by atoms with Crippen molar-refractivity contribution < 1.29 is 23.9 Å². The molecule has 1 aromatic carbocycles. The number of amides is 3. The van der Waals surface area contributed by atoms with Crippen LogP contribution in [0.3, 0.4) is 0 Å². The summed E-state index contributed by atoms with van der Waals surface area (Å²) in [6.45, 7) is 1.53. The highest BCUT2D eigenvalue weighted by atomic mass is 35.5. The molecule has 1 aromatic heterocycles. The molecule has 0 spiro atoms. The highest BCUT2D eigenvalue weighted by Gasteiger charge is 2.16. The lowest BCUT2D eigenvalue weighted by atomic mass is 10.2. The summed E-state index contributed by atoms with van der Waals surface area (Å²) in [5, 5.41) is 9.17. The Bertz CT molecular complexity index is 962. The molecule has 0 atom stereocenters. The number of benzene rings is 1. The molecule has 0 fully saturated rings. The van der Waals surface area contributed by atoms with Crippen LogP contribution in [0.5, 0.6) is 11.5 Å². The third-order valence-corrected chi connectivity index (χ3v) is 3.84. The number of methoxy groups -OCH3 is 2. The topological polar surface area (TPSA) is 131 Å². The zero-order chi connectivity index (χ0) is 22.1. The summed E-state index contributed by atoms with van der Waals surface area (Å²) in [5.74, 6) is -1.23. The Hall–Kier alpha value is -3.66. The lowest BCUT2D eigenvalue weighted by Gasteiger charge is -2.11. The first-order chi connectivity index (χ1) is 14.3. The molecule has 0 saturated heterocycles. The fourth-order valence-corrected chi connectivity index (χ4v) is 2.31. The number of pyridine rings is 1. The van der Waals surface area contributed by atoms with E-state index < -0.39 is 17.7 Å². The number of hydrazone groups is 1. The number of aromatic nitrogens is 1. The molecular formula is C19H20ClN5O5. The van der Waals surface area contributed by atoms with E-state index in [1.54, 1.807) is 24.3 Å². The Morgan fingerprint density at radius 3 is 2.47 bits per heavy atom. The van der Waals surface area contributed by atoms with E-state index in [4.69, 9.17) is 21.1 Å². The Morgan fingerprint density at radius 2 is 1.83 bits per heavy atom. The van der Waals surface area contributed by atoms with E-state index in [0.29, 0.717) is 22.3 Å². The Morgan fingerprint density at radius 1 is 1.07 bits per heavy atom. The van der Waals surface area contributed by atoms with Crippen LogP contribution in [0.2, 0.25) is 5.02 Å². The smallest absolute Gasteiger partial charge is 0.329 e. The molecule has 0 aliphatic heterocycles. The van der Waals surface area contributed by atoms with Crippen LogP contribution < -0.4 is 25.5 Å².